The Morgan fingerprint density at radius 2 is 2.17 bits per heavy atom. The van der Waals surface area contributed by atoms with Crippen molar-refractivity contribution in [3.8, 4) is 5.75 Å². The molecule has 3 heteroatoms. The Morgan fingerprint density at radius 3 is 2.83 bits per heavy atom. The maximum absolute atomic E-state index is 6.18. The molecule has 1 aliphatic carbocycles. The minimum absolute atomic E-state index is 0.249. The maximum Gasteiger partial charge on any atom is 0.122 e. The first-order valence-electron chi connectivity index (χ1n) is 6.73. The topological polar surface area (TPSA) is 35.2 Å². The maximum atomic E-state index is 6.18. The third-order valence-corrected chi connectivity index (χ3v) is 4.14. The van der Waals surface area contributed by atoms with E-state index in [0.717, 1.165) is 28.7 Å². The molecule has 0 radical (unpaired) electrons. The van der Waals surface area contributed by atoms with Crippen molar-refractivity contribution in [2.45, 2.75) is 39.2 Å². The Kier molecular flexibility index (Phi) is 4.52. The van der Waals surface area contributed by atoms with Crippen molar-refractivity contribution in [2.24, 2.45) is 17.6 Å². The highest BCUT2D eigenvalue weighted by Gasteiger charge is 2.29. The Bertz CT molecular complexity index is 407. The predicted octanol–water partition coefficient (Wildman–Crippen LogP) is 3.79. The number of aryl methyl sites for hydroxylation is 1. The van der Waals surface area contributed by atoms with Crippen LogP contribution in [0.15, 0.2) is 18.2 Å². The molecule has 2 N–H and O–H groups in total. The first-order chi connectivity index (χ1) is 8.60. The summed E-state index contributed by atoms with van der Waals surface area (Å²) in [7, 11) is 0. The smallest absolute Gasteiger partial charge is 0.122 e. The van der Waals surface area contributed by atoms with E-state index in [1.807, 2.05) is 25.1 Å². The zero-order chi connectivity index (χ0) is 13.1. The summed E-state index contributed by atoms with van der Waals surface area (Å²) in [5.41, 5.74) is 6.95. The Hall–Kier alpha value is -0.730. The van der Waals surface area contributed by atoms with E-state index in [1.165, 1.54) is 12.8 Å². The Morgan fingerprint density at radius 1 is 1.39 bits per heavy atom. The zero-order valence-corrected chi connectivity index (χ0v) is 11.9. The average molecular weight is 268 g/mol. The molecule has 0 bridgehead atoms. The molecular weight excluding hydrogens is 246 g/mol. The molecular formula is C15H22ClNO. The van der Waals surface area contributed by atoms with Gasteiger partial charge in [0.05, 0.1) is 0 Å². The number of ether oxygens (including phenoxy) is 1. The van der Waals surface area contributed by atoms with Gasteiger partial charge in [0.25, 0.3) is 0 Å². The van der Waals surface area contributed by atoms with Crippen molar-refractivity contribution in [1.29, 1.82) is 0 Å². The molecule has 2 nitrogen and oxygen atoms in total. The van der Waals surface area contributed by atoms with E-state index in [2.05, 4.69) is 6.92 Å². The standard InChI is InChI=1S/C15H22ClNO/c1-10-3-4-12(9-17)15(7-10)18-14-6-5-13(16)8-11(14)2/h5-6,8,10,12,15H,3-4,7,9,17H2,1-2H3. The second kappa shape index (κ2) is 5.94. The molecule has 0 spiro atoms. The first-order valence-corrected chi connectivity index (χ1v) is 7.10. The fourth-order valence-electron chi connectivity index (χ4n) is 2.71. The SMILES string of the molecule is Cc1cc(Cl)ccc1OC1CC(C)CCC1CN. The Balaban J connectivity index is 2.10. The zero-order valence-electron chi connectivity index (χ0n) is 11.2. The molecule has 0 aliphatic heterocycles. The van der Waals surface area contributed by atoms with Crippen LogP contribution >= 0.6 is 11.6 Å². The van der Waals surface area contributed by atoms with Gasteiger partial charge in [0.15, 0.2) is 0 Å². The molecule has 1 aromatic carbocycles. The van der Waals surface area contributed by atoms with Gasteiger partial charge in [-0.25, -0.2) is 0 Å². The van der Waals surface area contributed by atoms with E-state index in [0.29, 0.717) is 12.5 Å². The molecule has 2 rings (SSSR count). The second-order valence-electron chi connectivity index (χ2n) is 5.48. The van der Waals surface area contributed by atoms with Gasteiger partial charge in [-0.1, -0.05) is 24.9 Å². The molecule has 3 unspecified atom stereocenters. The molecule has 100 valence electrons. The Labute approximate surface area is 114 Å². The number of nitrogens with two attached hydrogens (primary N) is 1. The number of benzene rings is 1. The molecule has 0 heterocycles. The highest BCUT2D eigenvalue weighted by atomic mass is 35.5. The average Bonchev–Trinajstić information content (AvgIpc) is 2.33. The lowest BCUT2D eigenvalue weighted by Gasteiger charge is -2.34. The lowest BCUT2D eigenvalue weighted by Crippen LogP contribution is -2.37. The summed E-state index contributed by atoms with van der Waals surface area (Å²) >= 11 is 5.96. The van der Waals surface area contributed by atoms with Crippen molar-refractivity contribution in [3.05, 3.63) is 28.8 Å². The van der Waals surface area contributed by atoms with Gasteiger partial charge in [0, 0.05) is 10.9 Å². The molecule has 18 heavy (non-hydrogen) atoms. The van der Waals surface area contributed by atoms with Crippen LogP contribution in [-0.4, -0.2) is 12.6 Å². The lowest BCUT2D eigenvalue weighted by molar-refractivity contribution is 0.0736. The van der Waals surface area contributed by atoms with E-state index < -0.39 is 0 Å². The number of hydrogen-bond donors (Lipinski definition) is 1. The summed E-state index contributed by atoms with van der Waals surface area (Å²) in [5.74, 6) is 2.15. The third-order valence-electron chi connectivity index (χ3n) is 3.91. The van der Waals surface area contributed by atoms with Crippen molar-refractivity contribution in [2.75, 3.05) is 6.54 Å². The number of halogens is 1. The third kappa shape index (κ3) is 3.18. The lowest BCUT2D eigenvalue weighted by atomic mass is 9.80. The predicted molar refractivity (Wildman–Crippen MR) is 76.2 cm³/mol. The number of hydrogen-bond acceptors (Lipinski definition) is 2. The highest BCUT2D eigenvalue weighted by molar-refractivity contribution is 6.30. The summed E-state index contributed by atoms with van der Waals surface area (Å²) in [6.45, 7) is 5.03. The molecule has 1 aromatic rings. The summed E-state index contributed by atoms with van der Waals surface area (Å²) in [6, 6.07) is 5.79. The van der Waals surface area contributed by atoms with Crippen LogP contribution in [0.4, 0.5) is 0 Å². The normalized spacial score (nSPS) is 28.1. The van der Waals surface area contributed by atoms with E-state index in [-0.39, 0.29) is 6.10 Å². The number of rotatable bonds is 3. The molecule has 0 amide bonds. The molecule has 0 aromatic heterocycles. The van der Waals surface area contributed by atoms with Crippen molar-refractivity contribution >= 4 is 11.6 Å². The first kappa shape index (κ1) is 13.7. The van der Waals surface area contributed by atoms with Crippen LogP contribution in [0.1, 0.15) is 31.7 Å². The summed E-state index contributed by atoms with van der Waals surface area (Å²) in [5, 5.41) is 0.757. The molecule has 0 saturated heterocycles. The van der Waals surface area contributed by atoms with E-state index in [4.69, 9.17) is 22.1 Å². The van der Waals surface area contributed by atoms with Crippen molar-refractivity contribution in [1.82, 2.24) is 0 Å². The van der Waals surface area contributed by atoms with Crippen LogP contribution in [0, 0.1) is 18.8 Å². The molecule has 1 aliphatic rings. The minimum Gasteiger partial charge on any atom is -0.490 e. The monoisotopic (exact) mass is 267 g/mol. The second-order valence-corrected chi connectivity index (χ2v) is 5.92. The fraction of sp³-hybridized carbons (Fsp3) is 0.600. The largest absolute Gasteiger partial charge is 0.490 e. The van der Waals surface area contributed by atoms with E-state index >= 15 is 0 Å². The van der Waals surface area contributed by atoms with Crippen LogP contribution in [0.3, 0.4) is 0 Å². The van der Waals surface area contributed by atoms with Crippen LogP contribution < -0.4 is 10.5 Å². The van der Waals surface area contributed by atoms with Gasteiger partial charge in [-0.3, -0.25) is 0 Å². The summed E-state index contributed by atoms with van der Waals surface area (Å²) in [6.07, 6.45) is 3.79. The summed E-state index contributed by atoms with van der Waals surface area (Å²) in [4.78, 5) is 0. The van der Waals surface area contributed by atoms with Crippen LogP contribution in [-0.2, 0) is 0 Å². The van der Waals surface area contributed by atoms with Gasteiger partial charge in [0.1, 0.15) is 11.9 Å². The quantitative estimate of drug-likeness (QED) is 0.904. The molecule has 1 fully saturated rings. The fourth-order valence-corrected chi connectivity index (χ4v) is 2.94. The van der Waals surface area contributed by atoms with Gasteiger partial charge >= 0.3 is 0 Å². The van der Waals surface area contributed by atoms with Crippen LogP contribution in [0.2, 0.25) is 5.02 Å². The van der Waals surface area contributed by atoms with Crippen molar-refractivity contribution < 1.29 is 4.74 Å². The van der Waals surface area contributed by atoms with Crippen molar-refractivity contribution in [3.63, 3.8) is 0 Å². The van der Waals surface area contributed by atoms with Gasteiger partial charge in [-0.05, 0) is 56.0 Å². The van der Waals surface area contributed by atoms with Gasteiger partial charge in [-0.2, -0.15) is 0 Å². The van der Waals surface area contributed by atoms with Crippen LogP contribution in [0.5, 0.6) is 5.75 Å². The molecule has 1 saturated carbocycles. The minimum atomic E-state index is 0.249. The highest BCUT2D eigenvalue weighted by Crippen LogP contribution is 2.33. The molecule has 3 atom stereocenters. The summed E-state index contributed by atoms with van der Waals surface area (Å²) < 4.78 is 6.18. The van der Waals surface area contributed by atoms with E-state index in [1.54, 1.807) is 0 Å². The van der Waals surface area contributed by atoms with Gasteiger partial charge < -0.3 is 10.5 Å². The van der Waals surface area contributed by atoms with E-state index in [9.17, 15) is 0 Å². The van der Waals surface area contributed by atoms with Crippen LogP contribution in [0.25, 0.3) is 0 Å². The van der Waals surface area contributed by atoms with Gasteiger partial charge in [0.2, 0.25) is 0 Å². The van der Waals surface area contributed by atoms with Gasteiger partial charge in [-0.15, -0.1) is 0 Å².